The Kier molecular flexibility index (Phi) is 5.30. The second-order valence-corrected chi connectivity index (χ2v) is 6.94. The monoisotopic (exact) mass is 334 g/mol. The molecule has 24 heavy (non-hydrogen) atoms. The fourth-order valence-corrected chi connectivity index (χ4v) is 4.36. The van der Waals surface area contributed by atoms with Gasteiger partial charge in [0.1, 0.15) is 0 Å². The lowest BCUT2D eigenvalue weighted by molar-refractivity contribution is -0.170. The summed E-state index contributed by atoms with van der Waals surface area (Å²) in [5.74, 6) is 0.855. The molecule has 0 spiro atoms. The van der Waals surface area contributed by atoms with Crippen LogP contribution in [0.5, 0.6) is 0 Å². The van der Waals surface area contributed by atoms with Crippen molar-refractivity contribution in [1.82, 2.24) is 0 Å². The molecule has 1 aromatic carbocycles. The molecular weight excluding hydrogens is 304 g/mol. The van der Waals surface area contributed by atoms with Crippen LogP contribution in [-0.4, -0.2) is 40.6 Å². The van der Waals surface area contributed by atoms with Crippen LogP contribution in [0.4, 0.5) is 0 Å². The highest BCUT2D eigenvalue weighted by Gasteiger charge is 2.45. The van der Waals surface area contributed by atoms with Crippen molar-refractivity contribution in [3.05, 3.63) is 35.4 Å². The summed E-state index contributed by atoms with van der Waals surface area (Å²) in [6, 6.07) is 8.85. The van der Waals surface area contributed by atoms with Crippen LogP contribution < -0.4 is 0 Å². The fraction of sp³-hybridized carbons (Fsp3) is 0.700. The molecule has 4 heteroatoms. The fourth-order valence-electron chi connectivity index (χ4n) is 4.36. The van der Waals surface area contributed by atoms with Crippen LogP contribution >= 0.6 is 0 Å². The molecule has 3 rings (SSSR count). The Morgan fingerprint density at radius 3 is 1.29 bits per heavy atom. The summed E-state index contributed by atoms with van der Waals surface area (Å²) in [5.41, 5.74) is 1.96. The van der Waals surface area contributed by atoms with Gasteiger partial charge in [0.05, 0.1) is 37.6 Å². The van der Waals surface area contributed by atoms with E-state index >= 15 is 0 Å². The summed E-state index contributed by atoms with van der Waals surface area (Å²) >= 11 is 0. The summed E-state index contributed by atoms with van der Waals surface area (Å²) in [6.07, 6.45) is 1.88. The maximum Gasteiger partial charge on any atom is 0.0997 e. The van der Waals surface area contributed by atoms with Crippen LogP contribution in [0.3, 0.4) is 0 Å². The highest BCUT2D eigenvalue weighted by Crippen LogP contribution is 2.43. The second kappa shape index (κ2) is 7.12. The highest BCUT2D eigenvalue weighted by atomic mass is 16.5. The van der Waals surface area contributed by atoms with E-state index in [9.17, 15) is 0 Å². The first kappa shape index (κ1) is 17.9. The van der Waals surface area contributed by atoms with Gasteiger partial charge in [-0.25, -0.2) is 0 Å². The van der Waals surface area contributed by atoms with Gasteiger partial charge in [0.25, 0.3) is 0 Å². The van der Waals surface area contributed by atoms with Crippen molar-refractivity contribution in [3.63, 3.8) is 0 Å². The van der Waals surface area contributed by atoms with E-state index in [1.807, 2.05) is 14.2 Å². The third-order valence-electron chi connectivity index (χ3n) is 6.24. The van der Waals surface area contributed by atoms with Gasteiger partial charge in [-0.3, -0.25) is 0 Å². The number of benzene rings is 1. The molecule has 2 fully saturated rings. The van der Waals surface area contributed by atoms with Crippen molar-refractivity contribution in [1.29, 1.82) is 0 Å². The van der Waals surface area contributed by atoms with Gasteiger partial charge in [0.15, 0.2) is 0 Å². The van der Waals surface area contributed by atoms with E-state index < -0.39 is 0 Å². The van der Waals surface area contributed by atoms with E-state index in [1.54, 1.807) is 0 Å². The minimum absolute atomic E-state index is 0.252. The van der Waals surface area contributed by atoms with Crippen LogP contribution in [0.15, 0.2) is 24.3 Å². The Hall–Kier alpha value is -0.940. The van der Waals surface area contributed by atoms with Gasteiger partial charge < -0.3 is 18.9 Å². The Balaban J connectivity index is 1.91. The molecule has 0 bridgehead atoms. The summed E-state index contributed by atoms with van der Waals surface area (Å²) in [6.45, 7) is 7.49. The molecule has 2 heterocycles. The summed E-state index contributed by atoms with van der Waals surface area (Å²) in [4.78, 5) is 0. The predicted octanol–water partition coefficient (Wildman–Crippen LogP) is 3.48. The zero-order valence-corrected chi connectivity index (χ0v) is 15.3. The summed E-state index contributed by atoms with van der Waals surface area (Å²) in [5, 5.41) is 0. The first-order chi connectivity index (χ1) is 11.7. The molecule has 0 amide bonds. The average molecular weight is 334 g/mol. The molecule has 0 aliphatic carbocycles. The Morgan fingerprint density at radius 1 is 0.792 bits per heavy atom. The van der Waals surface area contributed by atoms with Gasteiger partial charge in [-0.15, -0.1) is 0 Å². The molecule has 1 aromatic rings. The Bertz CT molecular complexity index is 474. The van der Waals surface area contributed by atoms with E-state index in [0.29, 0.717) is 11.8 Å². The zero-order chi connectivity index (χ0) is 17.2. The molecular formula is C20H30O4. The van der Waals surface area contributed by atoms with Gasteiger partial charge in [0, 0.05) is 26.1 Å². The van der Waals surface area contributed by atoms with E-state index in [2.05, 4.69) is 38.1 Å². The molecule has 2 aliphatic rings. The smallest absolute Gasteiger partial charge is 0.0997 e. The summed E-state index contributed by atoms with van der Waals surface area (Å²) < 4.78 is 22.8. The largest absolute Gasteiger partial charge is 0.380 e. The molecule has 2 unspecified atom stereocenters. The van der Waals surface area contributed by atoms with E-state index in [4.69, 9.17) is 18.9 Å². The third-order valence-corrected chi connectivity index (χ3v) is 6.24. The molecule has 4 nitrogen and oxygen atoms in total. The average Bonchev–Trinajstić information content (AvgIpc) is 2.54. The van der Waals surface area contributed by atoms with Crippen molar-refractivity contribution in [2.45, 2.75) is 37.9 Å². The van der Waals surface area contributed by atoms with E-state index in [0.717, 1.165) is 39.3 Å². The van der Waals surface area contributed by atoms with Crippen LogP contribution in [0.25, 0.3) is 0 Å². The standard InChI is InChI=1S/C20H30O4/c1-5-19(21-3,17-11-23-12-17)15-7-9-16(10-8-15)20(6-2,22-4)18-13-24-14-18/h7-10,17-18H,5-6,11-14H2,1-4H3. The van der Waals surface area contributed by atoms with Crippen LogP contribution in [0.2, 0.25) is 0 Å². The van der Waals surface area contributed by atoms with Crippen LogP contribution in [-0.2, 0) is 30.1 Å². The third kappa shape index (κ3) is 2.60. The molecule has 0 saturated carbocycles. The van der Waals surface area contributed by atoms with Gasteiger partial charge in [-0.2, -0.15) is 0 Å². The van der Waals surface area contributed by atoms with Crippen molar-refractivity contribution in [2.75, 3.05) is 40.6 Å². The first-order valence-electron chi connectivity index (χ1n) is 9.03. The van der Waals surface area contributed by atoms with Crippen LogP contribution in [0, 0.1) is 11.8 Å². The van der Waals surface area contributed by atoms with Crippen molar-refractivity contribution in [3.8, 4) is 0 Å². The molecule has 2 saturated heterocycles. The zero-order valence-electron chi connectivity index (χ0n) is 15.3. The van der Waals surface area contributed by atoms with Gasteiger partial charge >= 0.3 is 0 Å². The van der Waals surface area contributed by atoms with Gasteiger partial charge in [-0.05, 0) is 24.0 Å². The lowest BCUT2D eigenvalue weighted by Crippen LogP contribution is -2.48. The van der Waals surface area contributed by atoms with Crippen molar-refractivity contribution < 1.29 is 18.9 Å². The van der Waals surface area contributed by atoms with Crippen molar-refractivity contribution >= 4 is 0 Å². The molecule has 0 radical (unpaired) electrons. The number of rotatable bonds is 8. The molecule has 0 N–H and O–H groups in total. The SMILES string of the molecule is CCC(OC)(c1ccc(C(CC)(OC)C2COC2)cc1)C1COC1. The molecule has 2 atom stereocenters. The first-order valence-corrected chi connectivity index (χ1v) is 9.03. The normalized spacial score (nSPS) is 23.8. The Morgan fingerprint density at radius 2 is 1.12 bits per heavy atom. The number of ether oxygens (including phenoxy) is 4. The molecule has 134 valence electrons. The van der Waals surface area contributed by atoms with Gasteiger partial charge in [-0.1, -0.05) is 38.1 Å². The maximum atomic E-state index is 6.00. The van der Waals surface area contributed by atoms with Gasteiger partial charge in [0.2, 0.25) is 0 Å². The summed E-state index contributed by atoms with van der Waals surface area (Å²) in [7, 11) is 3.62. The van der Waals surface area contributed by atoms with Crippen molar-refractivity contribution in [2.24, 2.45) is 11.8 Å². The lowest BCUT2D eigenvalue weighted by Gasteiger charge is -2.45. The lowest BCUT2D eigenvalue weighted by atomic mass is 9.75. The molecule has 2 aliphatic heterocycles. The molecule has 0 aromatic heterocycles. The topological polar surface area (TPSA) is 36.9 Å². The minimum atomic E-state index is -0.252. The van der Waals surface area contributed by atoms with E-state index in [1.165, 1.54) is 11.1 Å². The van der Waals surface area contributed by atoms with Crippen LogP contribution in [0.1, 0.15) is 37.8 Å². The Labute approximate surface area is 145 Å². The second-order valence-electron chi connectivity index (χ2n) is 6.94. The minimum Gasteiger partial charge on any atom is -0.380 e. The predicted molar refractivity (Wildman–Crippen MR) is 93.0 cm³/mol. The number of hydrogen-bond donors (Lipinski definition) is 0. The maximum absolute atomic E-state index is 6.00. The number of hydrogen-bond acceptors (Lipinski definition) is 4. The highest BCUT2D eigenvalue weighted by molar-refractivity contribution is 5.33. The number of methoxy groups -OCH3 is 2. The quantitative estimate of drug-likeness (QED) is 0.729. The van der Waals surface area contributed by atoms with E-state index in [-0.39, 0.29) is 11.2 Å².